The van der Waals surface area contributed by atoms with Crippen LogP contribution < -0.4 is 0 Å². The fourth-order valence-electron chi connectivity index (χ4n) is 1.56. The van der Waals surface area contributed by atoms with Crippen LogP contribution in [-0.2, 0) is 28.7 Å². The Morgan fingerprint density at radius 1 is 1.05 bits per heavy atom. The summed E-state index contributed by atoms with van der Waals surface area (Å²) in [6.07, 6.45) is 2.81. The highest BCUT2D eigenvalue weighted by Crippen LogP contribution is 2.05. The highest BCUT2D eigenvalue weighted by atomic mass is 16.5. The summed E-state index contributed by atoms with van der Waals surface area (Å²) in [7, 11) is 1.29. The third-order valence-corrected chi connectivity index (χ3v) is 2.72. The lowest BCUT2D eigenvalue weighted by Crippen LogP contribution is -2.32. The maximum absolute atomic E-state index is 11.5. The first kappa shape index (κ1) is 16.0. The summed E-state index contributed by atoms with van der Waals surface area (Å²) in [5.41, 5.74) is 0. The molecule has 110 valence electrons. The first-order valence-corrected chi connectivity index (χ1v) is 6.24. The fourth-order valence-corrected chi connectivity index (χ4v) is 1.56. The normalized spacial score (nSPS) is 13.9. The van der Waals surface area contributed by atoms with Crippen LogP contribution in [0.15, 0.2) is 12.2 Å². The summed E-state index contributed by atoms with van der Waals surface area (Å²) in [5.74, 6) is -1.25. The zero-order valence-electron chi connectivity index (χ0n) is 11.3. The third-order valence-electron chi connectivity index (χ3n) is 2.72. The van der Waals surface area contributed by atoms with Gasteiger partial charge in [-0.3, -0.25) is 24.1 Å². The minimum absolute atomic E-state index is 0.0889. The smallest absolute Gasteiger partial charge is 0.307 e. The van der Waals surface area contributed by atoms with Gasteiger partial charge in [-0.2, -0.15) is 0 Å². The van der Waals surface area contributed by atoms with Crippen LogP contribution in [0.4, 0.5) is 0 Å². The Labute approximate surface area is 116 Å². The number of amides is 2. The molecule has 0 spiro atoms. The number of nitrogens with zero attached hydrogens (tertiary/aromatic N) is 1. The molecule has 20 heavy (non-hydrogen) atoms. The Morgan fingerprint density at radius 3 is 2.25 bits per heavy atom. The number of carbonyl (C=O) groups is 4. The summed E-state index contributed by atoms with van der Waals surface area (Å²) < 4.78 is 9.54. The molecule has 0 aromatic carbocycles. The molecule has 0 atom stereocenters. The second-order valence-corrected chi connectivity index (χ2v) is 4.14. The lowest BCUT2D eigenvalue weighted by molar-refractivity contribution is -0.142. The predicted octanol–water partition coefficient (Wildman–Crippen LogP) is -0.160. The molecule has 2 amide bonds. The van der Waals surface area contributed by atoms with Crippen molar-refractivity contribution < 1.29 is 28.7 Å². The van der Waals surface area contributed by atoms with Crippen molar-refractivity contribution in [3.63, 3.8) is 0 Å². The zero-order chi connectivity index (χ0) is 15.0. The molecule has 0 aromatic rings. The van der Waals surface area contributed by atoms with E-state index in [1.165, 1.54) is 19.3 Å². The maximum Gasteiger partial charge on any atom is 0.307 e. The molecule has 0 saturated carbocycles. The highest BCUT2D eigenvalue weighted by molar-refractivity contribution is 6.13. The lowest BCUT2D eigenvalue weighted by Gasteiger charge is -2.12. The molecule has 7 nitrogen and oxygen atoms in total. The molecule has 1 aliphatic rings. The monoisotopic (exact) mass is 283 g/mol. The second-order valence-electron chi connectivity index (χ2n) is 4.14. The van der Waals surface area contributed by atoms with Crippen molar-refractivity contribution in [1.29, 1.82) is 0 Å². The van der Waals surface area contributed by atoms with E-state index in [1.807, 2.05) is 0 Å². The van der Waals surface area contributed by atoms with Gasteiger partial charge in [0.25, 0.3) is 11.8 Å². The second kappa shape index (κ2) is 8.21. The molecular formula is C13H17NO6. The first-order valence-electron chi connectivity index (χ1n) is 6.24. The van der Waals surface area contributed by atoms with Gasteiger partial charge in [-0.05, 0) is 0 Å². The quantitative estimate of drug-likeness (QED) is 0.332. The molecule has 0 bridgehead atoms. The van der Waals surface area contributed by atoms with Crippen molar-refractivity contribution in [2.75, 3.05) is 26.9 Å². The summed E-state index contributed by atoms with van der Waals surface area (Å²) in [4.78, 5) is 45.8. The Balaban J connectivity index is 2.08. The van der Waals surface area contributed by atoms with E-state index in [1.54, 1.807) is 0 Å². The Morgan fingerprint density at radius 2 is 1.65 bits per heavy atom. The number of rotatable bonds is 9. The number of ketones is 1. The third kappa shape index (κ3) is 5.31. The topological polar surface area (TPSA) is 90.0 Å². The summed E-state index contributed by atoms with van der Waals surface area (Å²) in [6, 6.07) is 0. The van der Waals surface area contributed by atoms with Gasteiger partial charge in [0.2, 0.25) is 0 Å². The predicted molar refractivity (Wildman–Crippen MR) is 67.6 cm³/mol. The number of imide groups is 1. The van der Waals surface area contributed by atoms with E-state index in [9.17, 15) is 19.2 Å². The van der Waals surface area contributed by atoms with Gasteiger partial charge in [-0.15, -0.1) is 0 Å². The van der Waals surface area contributed by atoms with Crippen molar-refractivity contribution in [2.24, 2.45) is 0 Å². The Kier molecular flexibility index (Phi) is 6.58. The molecule has 0 aromatic heterocycles. The summed E-state index contributed by atoms with van der Waals surface area (Å²) in [6.45, 7) is 0.495. The first-order chi connectivity index (χ1) is 9.54. The van der Waals surface area contributed by atoms with Crippen LogP contribution in [0.3, 0.4) is 0 Å². The van der Waals surface area contributed by atoms with Gasteiger partial charge in [-0.1, -0.05) is 0 Å². The molecule has 0 radical (unpaired) electrons. The van der Waals surface area contributed by atoms with E-state index in [0.717, 1.165) is 4.90 Å². The van der Waals surface area contributed by atoms with Gasteiger partial charge >= 0.3 is 5.97 Å². The molecule has 0 fully saturated rings. The number of esters is 1. The van der Waals surface area contributed by atoms with Crippen LogP contribution in [0.2, 0.25) is 0 Å². The average Bonchev–Trinajstić information content (AvgIpc) is 2.75. The van der Waals surface area contributed by atoms with Gasteiger partial charge in [0.15, 0.2) is 0 Å². The van der Waals surface area contributed by atoms with Gasteiger partial charge in [0.1, 0.15) is 5.78 Å². The van der Waals surface area contributed by atoms with Crippen molar-refractivity contribution in [3.05, 3.63) is 12.2 Å². The number of hydrogen-bond donors (Lipinski definition) is 0. The molecule has 1 heterocycles. The Bertz CT molecular complexity index is 411. The average molecular weight is 283 g/mol. The van der Waals surface area contributed by atoms with E-state index in [4.69, 9.17) is 4.74 Å². The number of hydrogen-bond acceptors (Lipinski definition) is 6. The number of methoxy groups -OCH3 is 1. The van der Waals surface area contributed by atoms with Crippen molar-refractivity contribution in [2.45, 2.75) is 19.3 Å². The van der Waals surface area contributed by atoms with Gasteiger partial charge in [-0.25, -0.2) is 0 Å². The molecule has 0 N–H and O–H groups in total. The molecule has 1 aliphatic heterocycles. The van der Waals surface area contributed by atoms with E-state index < -0.39 is 11.8 Å². The zero-order valence-corrected chi connectivity index (χ0v) is 11.3. The number of ether oxygens (including phenoxy) is 2. The highest BCUT2D eigenvalue weighted by Gasteiger charge is 2.23. The molecule has 0 unspecified atom stereocenters. The summed E-state index contributed by atoms with van der Waals surface area (Å²) >= 11 is 0. The van der Waals surface area contributed by atoms with Crippen molar-refractivity contribution >= 4 is 23.6 Å². The van der Waals surface area contributed by atoms with Crippen LogP contribution in [0.5, 0.6) is 0 Å². The lowest BCUT2D eigenvalue weighted by atomic mass is 10.2. The van der Waals surface area contributed by atoms with E-state index in [2.05, 4.69) is 4.74 Å². The molecule has 0 saturated heterocycles. The maximum atomic E-state index is 11.5. The Hall–Kier alpha value is -2.02. The van der Waals surface area contributed by atoms with Crippen LogP contribution >= 0.6 is 0 Å². The van der Waals surface area contributed by atoms with Gasteiger partial charge in [0, 0.05) is 31.5 Å². The number of Topliss-reactive ketones (excluding diaryl/α,β-unsaturated/α-hetero) is 1. The minimum atomic E-state index is -0.392. The van der Waals surface area contributed by atoms with E-state index in [0.29, 0.717) is 0 Å². The van der Waals surface area contributed by atoms with E-state index in [-0.39, 0.29) is 50.8 Å². The van der Waals surface area contributed by atoms with E-state index >= 15 is 0 Å². The molecule has 1 rings (SSSR count). The van der Waals surface area contributed by atoms with Crippen LogP contribution in [0.25, 0.3) is 0 Å². The molecule has 0 aliphatic carbocycles. The van der Waals surface area contributed by atoms with Crippen molar-refractivity contribution in [1.82, 2.24) is 4.90 Å². The standard InChI is InChI=1S/C13H17NO6/c1-19-13(18)6-9-20-8-5-10(15)4-7-14-11(16)2-3-12(14)17/h2-3H,4-9H2,1H3. The largest absolute Gasteiger partial charge is 0.469 e. The van der Waals surface area contributed by atoms with Gasteiger partial charge in [0.05, 0.1) is 26.7 Å². The number of carbonyl (C=O) groups excluding carboxylic acids is 4. The van der Waals surface area contributed by atoms with Crippen molar-refractivity contribution in [3.8, 4) is 0 Å². The summed E-state index contributed by atoms with van der Waals surface area (Å²) in [5, 5.41) is 0. The SMILES string of the molecule is COC(=O)CCOCCC(=O)CCN1C(=O)C=CC1=O. The van der Waals surface area contributed by atoms with Crippen LogP contribution in [0.1, 0.15) is 19.3 Å². The van der Waals surface area contributed by atoms with Crippen LogP contribution in [0, 0.1) is 0 Å². The molecule has 7 heteroatoms. The molecular weight excluding hydrogens is 266 g/mol. The van der Waals surface area contributed by atoms with Crippen LogP contribution in [-0.4, -0.2) is 55.3 Å². The fraction of sp³-hybridized carbons (Fsp3) is 0.538. The van der Waals surface area contributed by atoms with Gasteiger partial charge < -0.3 is 9.47 Å². The minimum Gasteiger partial charge on any atom is -0.469 e.